The number of ether oxygens (including phenoxy) is 1. The Morgan fingerprint density at radius 2 is 2.00 bits per heavy atom. The van der Waals surface area contributed by atoms with Crippen molar-refractivity contribution >= 4 is 17.8 Å². The summed E-state index contributed by atoms with van der Waals surface area (Å²) in [6.45, 7) is 0.463. The van der Waals surface area contributed by atoms with Gasteiger partial charge in [0.05, 0.1) is 25.8 Å². The first kappa shape index (κ1) is 13.1. The third kappa shape index (κ3) is 3.09. The molecule has 2 amide bonds. The van der Waals surface area contributed by atoms with Gasteiger partial charge in [0.25, 0.3) is 0 Å². The Labute approximate surface area is 110 Å². The standard InChI is InChI=1S/C13H14N2O4/c1-19-13(18)10-4-2-9(3-5-10)7-15-8-11(16)14-6-12(15)17/h2-5H,6-8H2,1H3,(H,14,16). The maximum atomic E-state index is 11.6. The number of benzene rings is 1. The Bertz CT molecular complexity index is 510. The monoisotopic (exact) mass is 262 g/mol. The summed E-state index contributed by atoms with van der Waals surface area (Å²) in [6.07, 6.45) is 0. The van der Waals surface area contributed by atoms with Crippen LogP contribution >= 0.6 is 0 Å². The highest BCUT2D eigenvalue weighted by molar-refractivity contribution is 5.92. The number of hydrogen-bond acceptors (Lipinski definition) is 4. The molecule has 0 saturated carbocycles. The van der Waals surface area contributed by atoms with E-state index in [0.29, 0.717) is 12.1 Å². The van der Waals surface area contributed by atoms with Crippen molar-refractivity contribution in [2.45, 2.75) is 6.54 Å². The summed E-state index contributed by atoms with van der Waals surface area (Å²) in [4.78, 5) is 35.6. The summed E-state index contributed by atoms with van der Waals surface area (Å²) in [5.41, 5.74) is 1.31. The lowest BCUT2D eigenvalue weighted by molar-refractivity contribution is -0.141. The largest absolute Gasteiger partial charge is 0.465 e. The number of piperazine rings is 1. The Hall–Kier alpha value is -2.37. The molecule has 1 aliphatic heterocycles. The van der Waals surface area contributed by atoms with Crippen molar-refractivity contribution in [1.82, 2.24) is 10.2 Å². The fourth-order valence-corrected chi connectivity index (χ4v) is 1.83. The van der Waals surface area contributed by atoms with Gasteiger partial charge in [0.15, 0.2) is 0 Å². The van der Waals surface area contributed by atoms with Crippen LogP contribution in [0.4, 0.5) is 0 Å². The van der Waals surface area contributed by atoms with Crippen LogP contribution in [0.2, 0.25) is 0 Å². The zero-order valence-corrected chi connectivity index (χ0v) is 10.5. The number of nitrogens with zero attached hydrogens (tertiary/aromatic N) is 1. The lowest BCUT2D eigenvalue weighted by Gasteiger charge is -2.26. The van der Waals surface area contributed by atoms with E-state index in [1.165, 1.54) is 12.0 Å². The van der Waals surface area contributed by atoms with E-state index >= 15 is 0 Å². The molecule has 0 bridgehead atoms. The minimum absolute atomic E-state index is 0.0408. The number of carbonyl (C=O) groups excluding carboxylic acids is 3. The Balaban J connectivity index is 2.04. The number of nitrogens with one attached hydrogen (secondary N) is 1. The van der Waals surface area contributed by atoms with Gasteiger partial charge >= 0.3 is 5.97 Å². The van der Waals surface area contributed by atoms with Crippen molar-refractivity contribution in [2.75, 3.05) is 20.2 Å². The first-order valence-electron chi connectivity index (χ1n) is 5.82. The molecule has 19 heavy (non-hydrogen) atoms. The molecule has 2 rings (SSSR count). The number of hydrogen-bond donors (Lipinski definition) is 1. The first-order chi connectivity index (χ1) is 9.10. The number of esters is 1. The highest BCUT2D eigenvalue weighted by Crippen LogP contribution is 2.09. The molecule has 1 fully saturated rings. The van der Waals surface area contributed by atoms with E-state index < -0.39 is 5.97 Å². The number of rotatable bonds is 3. The van der Waals surface area contributed by atoms with Crippen molar-refractivity contribution < 1.29 is 19.1 Å². The van der Waals surface area contributed by atoms with Crippen LogP contribution in [0.3, 0.4) is 0 Å². The molecule has 0 unspecified atom stereocenters. The van der Waals surface area contributed by atoms with E-state index in [1.807, 2.05) is 0 Å². The van der Waals surface area contributed by atoms with Gasteiger partial charge in [-0.1, -0.05) is 12.1 Å². The average molecular weight is 262 g/mol. The van der Waals surface area contributed by atoms with Gasteiger partial charge in [-0.3, -0.25) is 9.59 Å². The average Bonchev–Trinajstić information content (AvgIpc) is 2.43. The smallest absolute Gasteiger partial charge is 0.337 e. The summed E-state index contributed by atoms with van der Waals surface area (Å²) < 4.78 is 4.60. The molecule has 0 spiro atoms. The molecule has 0 atom stereocenters. The second-order valence-electron chi connectivity index (χ2n) is 4.22. The van der Waals surface area contributed by atoms with Crippen molar-refractivity contribution in [3.63, 3.8) is 0 Å². The number of carbonyl (C=O) groups is 3. The van der Waals surface area contributed by atoms with E-state index in [2.05, 4.69) is 10.1 Å². The molecule has 1 aromatic rings. The zero-order valence-electron chi connectivity index (χ0n) is 10.5. The van der Waals surface area contributed by atoms with Gasteiger partial charge in [-0.25, -0.2) is 4.79 Å². The maximum absolute atomic E-state index is 11.6. The van der Waals surface area contributed by atoms with Gasteiger partial charge in [-0.2, -0.15) is 0 Å². The van der Waals surface area contributed by atoms with Gasteiger partial charge < -0.3 is 15.0 Å². The molecule has 6 nitrogen and oxygen atoms in total. The molecule has 1 aromatic carbocycles. The van der Waals surface area contributed by atoms with Crippen LogP contribution in [0.25, 0.3) is 0 Å². The fourth-order valence-electron chi connectivity index (χ4n) is 1.83. The van der Waals surface area contributed by atoms with E-state index in [-0.39, 0.29) is 24.9 Å². The van der Waals surface area contributed by atoms with Gasteiger partial charge in [0.2, 0.25) is 11.8 Å². The van der Waals surface area contributed by atoms with Crippen LogP contribution in [-0.2, 0) is 20.9 Å². The van der Waals surface area contributed by atoms with Crippen LogP contribution < -0.4 is 5.32 Å². The fraction of sp³-hybridized carbons (Fsp3) is 0.308. The quantitative estimate of drug-likeness (QED) is 0.774. The normalized spacial score (nSPS) is 15.1. The molecular weight excluding hydrogens is 248 g/mol. The molecule has 0 aromatic heterocycles. The molecule has 1 aliphatic rings. The van der Waals surface area contributed by atoms with Gasteiger partial charge in [-0.15, -0.1) is 0 Å². The van der Waals surface area contributed by atoms with E-state index in [9.17, 15) is 14.4 Å². The van der Waals surface area contributed by atoms with Crippen LogP contribution in [0.15, 0.2) is 24.3 Å². The molecule has 100 valence electrons. The molecule has 0 radical (unpaired) electrons. The van der Waals surface area contributed by atoms with E-state index in [0.717, 1.165) is 5.56 Å². The van der Waals surface area contributed by atoms with E-state index in [4.69, 9.17) is 0 Å². The molecule has 0 aliphatic carbocycles. The van der Waals surface area contributed by atoms with Gasteiger partial charge in [0.1, 0.15) is 0 Å². The zero-order chi connectivity index (χ0) is 13.8. The molecule has 1 heterocycles. The second-order valence-corrected chi connectivity index (χ2v) is 4.22. The predicted octanol–water partition coefficient (Wildman–Crippen LogP) is -0.0684. The lowest BCUT2D eigenvalue weighted by atomic mass is 10.1. The summed E-state index contributed by atoms with van der Waals surface area (Å²) in [5.74, 6) is -0.678. The summed E-state index contributed by atoms with van der Waals surface area (Å²) in [7, 11) is 1.32. The lowest BCUT2D eigenvalue weighted by Crippen LogP contribution is -2.50. The first-order valence-corrected chi connectivity index (χ1v) is 5.82. The SMILES string of the molecule is COC(=O)c1ccc(CN2CC(=O)NCC2=O)cc1. The van der Waals surface area contributed by atoms with Crippen molar-refractivity contribution in [3.05, 3.63) is 35.4 Å². The topological polar surface area (TPSA) is 75.7 Å². The predicted molar refractivity (Wildman–Crippen MR) is 66.2 cm³/mol. The van der Waals surface area contributed by atoms with Crippen LogP contribution in [0.5, 0.6) is 0 Å². The Kier molecular flexibility index (Phi) is 3.79. The van der Waals surface area contributed by atoms with Crippen molar-refractivity contribution in [3.8, 4) is 0 Å². The summed E-state index contributed by atoms with van der Waals surface area (Å²) in [5, 5.41) is 2.49. The summed E-state index contributed by atoms with van der Waals surface area (Å²) >= 11 is 0. The molecule has 6 heteroatoms. The van der Waals surface area contributed by atoms with Crippen LogP contribution in [-0.4, -0.2) is 42.9 Å². The summed E-state index contributed by atoms with van der Waals surface area (Å²) in [6, 6.07) is 6.75. The third-order valence-corrected chi connectivity index (χ3v) is 2.87. The Morgan fingerprint density at radius 3 is 2.63 bits per heavy atom. The molecule has 1 N–H and O–H groups in total. The maximum Gasteiger partial charge on any atom is 0.337 e. The van der Waals surface area contributed by atoms with Crippen molar-refractivity contribution in [1.29, 1.82) is 0 Å². The molecular formula is C13H14N2O4. The van der Waals surface area contributed by atoms with Crippen LogP contribution in [0.1, 0.15) is 15.9 Å². The highest BCUT2D eigenvalue weighted by Gasteiger charge is 2.22. The minimum atomic E-state index is -0.403. The second kappa shape index (κ2) is 5.51. The van der Waals surface area contributed by atoms with Crippen LogP contribution in [0, 0.1) is 0 Å². The number of methoxy groups -OCH3 is 1. The third-order valence-electron chi connectivity index (χ3n) is 2.87. The molecule has 1 saturated heterocycles. The van der Waals surface area contributed by atoms with Crippen molar-refractivity contribution in [2.24, 2.45) is 0 Å². The van der Waals surface area contributed by atoms with Gasteiger partial charge in [-0.05, 0) is 17.7 Å². The Morgan fingerprint density at radius 1 is 1.32 bits per heavy atom. The highest BCUT2D eigenvalue weighted by atomic mass is 16.5. The van der Waals surface area contributed by atoms with E-state index in [1.54, 1.807) is 24.3 Å². The number of amides is 2. The van der Waals surface area contributed by atoms with Gasteiger partial charge in [0, 0.05) is 6.54 Å². The minimum Gasteiger partial charge on any atom is -0.465 e.